The molecule has 0 aliphatic rings. The van der Waals surface area contributed by atoms with E-state index in [-0.39, 0.29) is 38.6 Å². The third kappa shape index (κ3) is 15.6. The Morgan fingerprint density at radius 3 is 1.51 bits per heavy atom. The molecule has 0 atom stereocenters. The molecule has 0 aliphatic carbocycles. The minimum Gasteiger partial charge on any atom is -0.506 e. The average molecular weight is 617 g/mol. The van der Waals surface area contributed by atoms with Crippen LogP contribution in [0.15, 0.2) is 46.2 Å². The van der Waals surface area contributed by atoms with Gasteiger partial charge in [0.15, 0.2) is 5.75 Å². The summed E-state index contributed by atoms with van der Waals surface area (Å²) in [6, 6.07) is 6.63. The number of phenolic OH excluding ortho intramolecular Hbond substituents is 1. The van der Waals surface area contributed by atoms with E-state index in [4.69, 9.17) is 30.4 Å². The summed E-state index contributed by atoms with van der Waals surface area (Å²) in [6.45, 7) is 2.24. The molecular weight excluding hydrogens is 572 g/mol. The molecule has 0 bridgehead atoms. The van der Waals surface area contributed by atoms with Crippen molar-refractivity contribution in [2.75, 3.05) is 11.5 Å². The van der Waals surface area contributed by atoms with Gasteiger partial charge in [0.25, 0.3) is 20.2 Å². The number of nitrogens with two attached hydrogens (primary N) is 2. The highest BCUT2D eigenvalue weighted by Gasteiger charge is 2.14. The molecule has 0 spiro atoms. The first kappa shape index (κ1) is 36.2. The predicted octanol–water partition coefficient (Wildman–Crippen LogP) is 6.12. The molecule has 0 amide bonds. The minimum atomic E-state index is -4.33. The number of hydrogen-bond donors (Lipinski definition) is 5. The van der Waals surface area contributed by atoms with Gasteiger partial charge in [0, 0.05) is 6.42 Å². The van der Waals surface area contributed by atoms with Gasteiger partial charge < -0.3 is 21.3 Å². The number of hydrogen-bond acceptors (Lipinski definition) is 9. The number of esters is 1. The molecule has 0 heterocycles. The number of phenols is 1. The first-order valence-electron chi connectivity index (χ1n) is 13.9. The standard InChI is InChI=1S/C22H37NO5S.C6H7NO4S/c1-2-3-4-5-6-7-8-9-10-11-12-13-14-15-22(24)28-21-17-16-19(18-20(21)23)29(25,26)27;7-5-3-4(12(9,10)11)1-2-6(5)8/h16-18H,2-15,23H2,1H3,(H,25,26,27);1-3,8H,7H2,(H,9,10,11). The van der Waals surface area contributed by atoms with Gasteiger partial charge >= 0.3 is 5.97 Å². The second-order valence-corrected chi connectivity index (χ2v) is 12.7. The van der Waals surface area contributed by atoms with Crippen LogP contribution >= 0.6 is 0 Å². The monoisotopic (exact) mass is 616 g/mol. The molecule has 2 rings (SSSR count). The van der Waals surface area contributed by atoms with Gasteiger partial charge in [-0.2, -0.15) is 16.8 Å². The van der Waals surface area contributed by atoms with Gasteiger partial charge in [0.2, 0.25) is 0 Å². The van der Waals surface area contributed by atoms with Crippen LogP contribution in [0.2, 0.25) is 0 Å². The number of carbonyl (C=O) groups excluding carboxylic acids is 1. The molecule has 0 aromatic heterocycles. The first-order chi connectivity index (χ1) is 19.3. The van der Waals surface area contributed by atoms with Crippen LogP contribution in [0, 0.1) is 0 Å². The van der Waals surface area contributed by atoms with Crippen molar-refractivity contribution in [3.8, 4) is 11.5 Å². The lowest BCUT2D eigenvalue weighted by Gasteiger charge is -2.08. The molecule has 0 aliphatic heterocycles. The van der Waals surface area contributed by atoms with Crippen LogP contribution in [0.3, 0.4) is 0 Å². The number of aromatic hydroxyl groups is 1. The fraction of sp³-hybridized carbons (Fsp3) is 0.536. The topological polar surface area (TPSA) is 207 Å². The van der Waals surface area contributed by atoms with E-state index in [1.54, 1.807) is 0 Å². The number of anilines is 2. The van der Waals surface area contributed by atoms with Crippen molar-refractivity contribution in [2.24, 2.45) is 0 Å². The summed E-state index contributed by atoms with van der Waals surface area (Å²) in [4.78, 5) is 11.2. The predicted molar refractivity (Wildman–Crippen MR) is 159 cm³/mol. The smallest absolute Gasteiger partial charge is 0.311 e. The third-order valence-corrected chi connectivity index (χ3v) is 7.98. The summed E-state index contributed by atoms with van der Waals surface area (Å²) in [6.07, 6.45) is 16.4. The van der Waals surface area contributed by atoms with Crippen LogP contribution in [-0.4, -0.2) is 37.0 Å². The van der Waals surface area contributed by atoms with E-state index in [9.17, 15) is 21.6 Å². The summed E-state index contributed by atoms with van der Waals surface area (Å²) >= 11 is 0. The Bertz CT molecular complexity index is 1300. The maximum atomic E-state index is 11.9. The van der Waals surface area contributed by atoms with Gasteiger partial charge in [-0.25, -0.2) is 0 Å². The molecule has 0 fully saturated rings. The largest absolute Gasteiger partial charge is 0.506 e. The second-order valence-electron chi connectivity index (χ2n) is 9.84. The number of carbonyl (C=O) groups is 1. The molecule has 41 heavy (non-hydrogen) atoms. The quantitative estimate of drug-likeness (QED) is 0.0341. The van der Waals surface area contributed by atoms with Gasteiger partial charge in [-0.3, -0.25) is 13.9 Å². The minimum absolute atomic E-state index is 0.00108. The molecule has 0 radical (unpaired) electrons. The lowest BCUT2D eigenvalue weighted by atomic mass is 10.0. The second kappa shape index (κ2) is 18.5. The normalized spacial score (nSPS) is 11.5. The van der Waals surface area contributed by atoms with Gasteiger partial charge in [-0.15, -0.1) is 0 Å². The molecule has 0 saturated heterocycles. The zero-order chi connectivity index (χ0) is 30.9. The zero-order valence-corrected chi connectivity index (χ0v) is 25.3. The summed E-state index contributed by atoms with van der Waals surface area (Å²) < 4.78 is 65.9. The van der Waals surface area contributed by atoms with Crippen molar-refractivity contribution < 1.29 is 40.6 Å². The fourth-order valence-corrected chi connectivity index (χ4v) is 4.97. The molecular formula is C28H44N2O9S2. The summed E-state index contributed by atoms with van der Waals surface area (Å²) in [5.41, 5.74) is 10.8. The van der Waals surface area contributed by atoms with Crippen LogP contribution in [-0.2, 0) is 25.0 Å². The van der Waals surface area contributed by atoms with Crippen molar-refractivity contribution in [3.63, 3.8) is 0 Å². The summed E-state index contributed by atoms with van der Waals surface area (Å²) in [5, 5.41) is 8.91. The fourth-order valence-electron chi connectivity index (χ4n) is 3.93. The summed E-state index contributed by atoms with van der Waals surface area (Å²) in [5.74, 6) is -0.501. The van der Waals surface area contributed by atoms with E-state index >= 15 is 0 Å². The van der Waals surface area contributed by atoms with E-state index in [0.717, 1.165) is 49.6 Å². The van der Waals surface area contributed by atoms with Gasteiger partial charge in [0.05, 0.1) is 21.2 Å². The lowest BCUT2D eigenvalue weighted by molar-refractivity contribution is -0.134. The number of ether oxygens (including phenoxy) is 1. The SMILES string of the molecule is CCCCCCCCCCCCCCCC(=O)Oc1ccc(S(=O)(=O)O)cc1N.Nc1cc(S(=O)(=O)O)ccc1O. The van der Waals surface area contributed by atoms with Crippen molar-refractivity contribution >= 4 is 37.6 Å². The zero-order valence-electron chi connectivity index (χ0n) is 23.6. The Morgan fingerprint density at radius 2 is 1.10 bits per heavy atom. The average Bonchev–Trinajstić information content (AvgIpc) is 2.88. The van der Waals surface area contributed by atoms with Gasteiger partial charge in [-0.05, 0) is 42.8 Å². The third-order valence-electron chi connectivity index (χ3n) is 6.28. The lowest BCUT2D eigenvalue weighted by Crippen LogP contribution is -2.09. The maximum absolute atomic E-state index is 11.9. The van der Waals surface area contributed by atoms with E-state index < -0.39 is 20.2 Å². The number of benzene rings is 2. The van der Waals surface area contributed by atoms with Crippen molar-refractivity contribution in [3.05, 3.63) is 36.4 Å². The Balaban J connectivity index is 0.000000580. The Hall–Kier alpha value is -2.87. The van der Waals surface area contributed by atoms with Gasteiger partial charge in [-0.1, -0.05) is 84.0 Å². The van der Waals surface area contributed by atoms with E-state index in [1.807, 2.05) is 0 Å². The van der Waals surface area contributed by atoms with Crippen LogP contribution in [0.25, 0.3) is 0 Å². The molecule has 0 unspecified atom stereocenters. The molecule has 7 N–H and O–H groups in total. The molecule has 2 aromatic rings. The van der Waals surface area contributed by atoms with E-state index in [0.29, 0.717) is 6.42 Å². The van der Waals surface area contributed by atoms with Gasteiger partial charge in [0.1, 0.15) is 5.75 Å². The number of rotatable bonds is 17. The van der Waals surface area contributed by atoms with E-state index in [1.165, 1.54) is 70.3 Å². The maximum Gasteiger partial charge on any atom is 0.311 e. The van der Waals surface area contributed by atoms with Crippen molar-refractivity contribution in [1.82, 2.24) is 0 Å². The number of nitrogen functional groups attached to an aromatic ring is 2. The van der Waals surface area contributed by atoms with Crippen LogP contribution in [0.5, 0.6) is 11.5 Å². The Morgan fingerprint density at radius 1 is 0.683 bits per heavy atom. The van der Waals surface area contributed by atoms with E-state index in [2.05, 4.69) is 6.92 Å². The highest BCUT2D eigenvalue weighted by Crippen LogP contribution is 2.25. The molecule has 232 valence electrons. The number of unbranched alkanes of at least 4 members (excludes halogenated alkanes) is 12. The van der Waals surface area contributed by atoms with Crippen LogP contribution in [0.1, 0.15) is 96.8 Å². The summed E-state index contributed by atoms with van der Waals surface area (Å²) in [7, 11) is -8.56. The van der Waals surface area contributed by atoms with Crippen molar-refractivity contribution in [2.45, 2.75) is 107 Å². The molecule has 13 heteroatoms. The molecule has 11 nitrogen and oxygen atoms in total. The Kier molecular flexibility index (Phi) is 16.3. The molecule has 2 aromatic carbocycles. The van der Waals surface area contributed by atoms with Crippen LogP contribution in [0.4, 0.5) is 11.4 Å². The Labute approximate surface area is 243 Å². The highest BCUT2D eigenvalue weighted by atomic mass is 32.2. The first-order valence-corrected chi connectivity index (χ1v) is 16.8. The van der Waals surface area contributed by atoms with Crippen molar-refractivity contribution in [1.29, 1.82) is 0 Å². The van der Waals surface area contributed by atoms with Crippen LogP contribution < -0.4 is 16.2 Å². The highest BCUT2D eigenvalue weighted by molar-refractivity contribution is 7.86. The molecule has 0 saturated carbocycles.